The third-order valence-corrected chi connectivity index (χ3v) is 3.80. The van der Waals surface area contributed by atoms with Gasteiger partial charge in [-0.15, -0.1) is 0 Å². The van der Waals surface area contributed by atoms with Crippen molar-refractivity contribution in [2.45, 2.75) is 40.7 Å². The number of nitrogens with zero attached hydrogens (tertiary/aromatic N) is 1. The Morgan fingerprint density at radius 1 is 1.14 bits per heavy atom. The van der Waals surface area contributed by atoms with Crippen molar-refractivity contribution in [3.63, 3.8) is 0 Å². The molecule has 0 spiro atoms. The fourth-order valence-corrected chi connectivity index (χ4v) is 2.45. The molecule has 0 aliphatic rings. The predicted molar refractivity (Wildman–Crippen MR) is 89.5 cm³/mol. The summed E-state index contributed by atoms with van der Waals surface area (Å²) in [5.41, 5.74) is 10.5. The molecule has 0 saturated heterocycles. The minimum atomic E-state index is -0.0888. The van der Waals surface area contributed by atoms with Gasteiger partial charge in [0.1, 0.15) is 0 Å². The molecule has 0 aliphatic carbocycles. The van der Waals surface area contributed by atoms with Gasteiger partial charge in [-0.05, 0) is 49.9 Å². The molecule has 0 fully saturated rings. The van der Waals surface area contributed by atoms with E-state index in [2.05, 4.69) is 45.9 Å². The molecule has 21 heavy (non-hydrogen) atoms. The highest BCUT2D eigenvalue weighted by atomic mass is 16.1. The maximum Gasteiger partial charge on any atom is 0.274 e. The molecule has 2 N–H and O–H groups in total. The van der Waals surface area contributed by atoms with Crippen LogP contribution in [0.25, 0.3) is 11.3 Å². The summed E-state index contributed by atoms with van der Waals surface area (Å²) in [7, 11) is 0. The lowest BCUT2D eigenvalue weighted by Gasteiger charge is -2.17. The highest BCUT2D eigenvalue weighted by Gasteiger charge is 2.11. The van der Waals surface area contributed by atoms with Crippen molar-refractivity contribution < 1.29 is 0 Å². The number of hydrogen-bond donors (Lipinski definition) is 1. The number of benzene rings is 1. The van der Waals surface area contributed by atoms with Crippen LogP contribution in [0, 0.1) is 19.8 Å². The Balaban J connectivity index is 2.60. The maximum atomic E-state index is 12.4. The minimum absolute atomic E-state index is 0.0888. The number of aromatic nitrogens is 1. The van der Waals surface area contributed by atoms with Crippen LogP contribution in [-0.2, 0) is 6.54 Å². The molecule has 2 aromatic rings. The van der Waals surface area contributed by atoms with E-state index in [-0.39, 0.29) is 5.56 Å². The third kappa shape index (κ3) is 3.35. The van der Waals surface area contributed by atoms with Gasteiger partial charge in [0, 0.05) is 12.1 Å². The van der Waals surface area contributed by atoms with Crippen LogP contribution in [0.5, 0.6) is 0 Å². The summed E-state index contributed by atoms with van der Waals surface area (Å²) in [5, 5.41) is 0. The molecular formula is C18H24N2O. The Labute approximate surface area is 126 Å². The zero-order valence-corrected chi connectivity index (χ0v) is 13.3. The van der Waals surface area contributed by atoms with Gasteiger partial charge in [0.05, 0.1) is 11.4 Å². The number of anilines is 1. The van der Waals surface area contributed by atoms with Crippen molar-refractivity contribution in [3.8, 4) is 11.3 Å². The van der Waals surface area contributed by atoms with E-state index in [4.69, 9.17) is 5.73 Å². The molecule has 1 aromatic heterocycles. The third-order valence-electron chi connectivity index (χ3n) is 3.80. The first kappa shape index (κ1) is 15.4. The summed E-state index contributed by atoms with van der Waals surface area (Å²) in [6, 6.07) is 9.99. The lowest BCUT2D eigenvalue weighted by molar-refractivity contribution is 0.511. The Hall–Kier alpha value is -2.03. The second-order valence-corrected chi connectivity index (χ2v) is 6.13. The molecule has 2 rings (SSSR count). The highest BCUT2D eigenvalue weighted by molar-refractivity contribution is 5.66. The van der Waals surface area contributed by atoms with Crippen molar-refractivity contribution in [1.82, 2.24) is 4.57 Å². The maximum absolute atomic E-state index is 12.4. The smallest absolute Gasteiger partial charge is 0.274 e. The lowest BCUT2D eigenvalue weighted by atomic mass is 10.0. The van der Waals surface area contributed by atoms with Crippen LogP contribution in [0.3, 0.4) is 0 Å². The van der Waals surface area contributed by atoms with Crippen molar-refractivity contribution in [1.29, 1.82) is 0 Å². The van der Waals surface area contributed by atoms with E-state index in [1.165, 1.54) is 11.1 Å². The average Bonchev–Trinajstić information content (AvgIpc) is 2.43. The highest BCUT2D eigenvalue weighted by Crippen LogP contribution is 2.24. The van der Waals surface area contributed by atoms with Gasteiger partial charge < -0.3 is 10.3 Å². The van der Waals surface area contributed by atoms with Gasteiger partial charge in [0.15, 0.2) is 0 Å². The van der Waals surface area contributed by atoms with Crippen LogP contribution in [0.1, 0.15) is 31.4 Å². The molecule has 112 valence electrons. The Morgan fingerprint density at radius 3 is 2.52 bits per heavy atom. The molecule has 3 nitrogen and oxygen atoms in total. The summed E-state index contributed by atoms with van der Waals surface area (Å²) in [4.78, 5) is 12.4. The first-order valence-electron chi connectivity index (χ1n) is 7.47. The molecule has 0 saturated carbocycles. The zero-order valence-electron chi connectivity index (χ0n) is 13.3. The van der Waals surface area contributed by atoms with Crippen molar-refractivity contribution in [2.75, 3.05) is 5.73 Å². The lowest BCUT2D eigenvalue weighted by Crippen LogP contribution is -2.25. The quantitative estimate of drug-likeness (QED) is 0.929. The summed E-state index contributed by atoms with van der Waals surface area (Å²) < 4.78 is 1.82. The number of rotatable bonds is 4. The summed E-state index contributed by atoms with van der Waals surface area (Å²) in [6.45, 7) is 9.16. The average molecular weight is 284 g/mol. The van der Waals surface area contributed by atoms with E-state index in [1.807, 2.05) is 10.6 Å². The van der Waals surface area contributed by atoms with Crippen LogP contribution < -0.4 is 11.3 Å². The fraction of sp³-hybridized carbons (Fsp3) is 0.389. The fourth-order valence-electron chi connectivity index (χ4n) is 2.45. The number of nitrogens with two attached hydrogens (primary N) is 1. The second kappa shape index (κ2) is 6.17. The number of nitrogen functional groups attached to an aromatic ring is 1. The van der Waals surface area contributed by atoms with Gasteiger partial charge in [-0.3, -0.25) is 4.79 Å². The zero-order chi connectivity index (χ0) is 15.6. The first-order valence-corrected chi connectivity index (χ1v) is 7.47. The molecule has 0 amide bonds. The molecule has 0 radical (unpaired) electrons. The molecule has 1 aromatic carbocycles. The summed E-state index contributed by atoms with van der Waals surface area (Å²) in [6.07, 6.45) is 0.960. The van der Waals surface area contributed by atoms with E-state index in [0.29, 0.717) is 18.2 Å². The molecule has 3 heteroatoms. The molecule has 0 atom stereocenters. The SMILES string of the molecule is Cc1ccc(C)c(-c2ccc(N)c(=O)n2CCC(C)C)c1. The molecule has 1 heterocycles. The Bertz CT molecular complexity index is 699. The number of pyridine rings is 1. The van der Waals surface area contributed by atoms with Crippen LogP contribution in [-0.4, -0.2) is 4.57 Å². The van der Waals surface area contributed by atoms with Gasteiger partial charge in [0.2, 0.25) is 0 Å². The van der Waals surface area contributed by atoms with Gasteiger partial charge in [-0.25, -0.2) is 0 Å². The first-order chi connectivity index (χ1) is 9.90. The Morgan fingerprint density at radius 2 is 1.86 bits per heavy atom. The van der Waals surface area contributed by atoms with E-state index in [0.717, 1.165) is 17.7 Å². The summed E-state index contributed by atoms with van der Waals surface area (Å²) in [5.74, 6) is 0.546. The second-order valence-electron chi connectivity index (χ2n) is 6.13. The molecule has 0 unspecified atom stereocenters. The van der Waals surface area contributed by atoms with Gasteiger partial charge in [-0.2, -0.15) is 0 Å². The predicted octanol–water partition coefficient (Wildman–Crippen LogP) is 3.76. The number of hydrogen-bond acceptors (Lipinski definition) is 2. The topological polar surface area (TPSA) is 48.0 Å². The number of aryl methyl sites for hydroxylation is 2. The monoisotopic (exact) mass is 284 g/mol. The van der Waals surface area contributed by atoms with Crippen molar-refractivity contribution >= 4 is 5.69 Å². The molecular weight excluding hydrogens is 260 g/mol. The largest absolute Gasteiger partial charge is 0.394 e. The van der Waals surface area contributed by atoms with E-state index in [1.54, 1.807) is 6.07 Å². The standard InChI is InChI=1S/C18H24N2O/c1-12(2)9-10-20-17(8-7-16(19)18(20)21)15-11-13(3)5-6-14(15)4/h5-8,11-12H,9-10,19H2,1-4H3. The molecule has 0 aliphatic heterocycles. The van der Waals surface area contributed by atoms with E-state index < -0.39 is 0 Å². The van der Waals surface area contributed by atoms with Crippen molar-refractivity contribution in [2.24, 2.45) is 5.92 Å². The van der Waals surface area contributed by atoms with Gasteiger partial charge in [0.25, 0.3) is 5.56 Å². The van der Waals surface area contributed by atoms with Crippen LogP contribution in [0.4, 0.5) is 5.69 Å². The van der Waals surface area contributed by atoms with Crippen LogP contribution in [0.15, 0.2) is 35.1 Å². The van der Waals surface area contributed by atoms with Gasteiger partial charge in [-0.1, -0.05) is 31.5 Å². The van der Waals surface area contributed by atoms with Crippen LogP contribution >= 0.6 is 0 Å². The molecule has 0 bridgehead atoms. The van der Waals surface area contributed by atoms with Crippen molar-refractivity contribution in [3.05, 3.63) is 51.8 Å². The normalized spacial score (nSPS) is 11.1. The van der Waals surface area contributed by atoms with E-state index >= 15 is 0 Å². The Kier molecular flexibility index (Phi) is 4.51. The van der Waals surface area contributed by atoms with Crippen LogP contribution in [0.2, 0.25) is 0 Å². The summed E-state index contributed by atoms with van der Waals surface area (Å²) >= 11 is 0. The van der Waals surface area contributed by atoms with E-state index in [9.17, 15) is 4.79 Å². The minimum Gasteiger partial charge on any atom is -0.394 e. The van der Waals surface area contributed by atoms with Gasteiger partial charge >= 0.3 is 0 Å².